The predicted octanol–water partition coefficient (Wildman–Crippen LogP) is 3.34. The zero-order chi connectivity index (χ0) is 14.2. The Morgan fingerprint density at radius 3 is 2.20 bits per heavy atom. The van der Waals surface area contributed by atoms with Gasteiger partial charge in [0.2, 0.25) is 5.91 Å². The van der Waals surface area contributed by atoms with Gasteiger partial charge in [0, 0.05) is 25.0 Å². The van der Waals surface area contributed by atoms with Gasteiger partial charge in [-0.2, -0.15) is 0 Å². The van der Waals surface area contributed by atoms with Crippen molar-refractivity contribution in [3.05, 3.63) is 0 Å². The SMILES string of the molecule is CCCNC1CCN(C(=O)C2CCCCCCC2)CC1. The van der Waals surface area contributed by atoms with Crippen molar-refractivity contribution in [1.82, 2.24) is 10.2 Å². The first-order chi connectivity index (χ1) is 9.81. The molecule has 2 fully saturated rings. The molecule has 0 aromatic heterocycles. The van der Waals surface area contributed by atoms with E-state index in [0.29, 0.717) is 17.9 Å². The Morgan fingerprint density at radius 1 is 1.00 bits per heavy atom. The molecule has 0 aromatic carbocycles. The van der Waals surface area contributed by atoms with Gasteiger partial charge < -0.3 is 10.2 Å². The molecule has 0 bridgehead atoms. The minimum absolute atomic E-state index is 0.329. The summed E-state index contributed by atoms with van der Waals surface area (Å²) in [5, 5.41) is 3.59. The number of carbonyl (C=O) groups excluding carboxylic acids is 1. The summed E-state index contributed by atoms with van der Waals surface area (Å²) in [5.74, 6) is 0.788. The first kappa shape index (κ1) is 15.8. The molecule has 0 atom stereocenters. The van der Waals surface area contributed by atoms with E-state index < -0.39 is 0 Å². The molecule has 0 aromatic rings. The summed E-state index contributed by atoms with van der Waals surface area (Å²) in [5.41, 5.74) is 0. The van der Waals surface area contributed by atoms with Gasteiger partial charge >= 0.3 is 0 Å². The van der Waals surface area contributed by atoms with Crippen molar-refractivity contribution < 1.29 is 4.79 Å². The van der Waals surface area contributed by atoms with Gasteiger partial charge in [-0.1, -0.05) is 39.0 Å². The van der Waals surface area contributed by atoms with Gasteiger partial charge in [0.25, 0.3) is 0 Å². The fourth-order valence-electron chi connectivity index (χ4n) is 3.61. The highest BCUT2D eigenvalue weighted by atomic mass is 16.2. The molecule has 1 heterocycles. The van der Waals surface area contributed by atoms with E-state index in [9.17, 15) is 4.79 Å². The summed E-state index contributed by atoms with van der Waals surface area (Å²) in [6.45, 7) is 5.26. The van der Waals surface area contributed by atoms with Crippen LogP contribution in [0, 0.1) is 5.92 Å². The summed E-state index contributed by atoms with van der Waals surface area (Å²) in [7, 11) is 0. The van der Waals surface area contributed by atoms with Gasteiger partial charge in [0.15, 0.2) is 0 Å². The lowest BCUT2D eigenvalue weighted by atomic mass is 9.89. The summed E-state index contributed by atoms with van der Waals surface area (Å²) < 4.78 is 0. The molecule has 1 saturated carbocycles. The van der Waals surface area contributed by atoms with Crippen molar-refractivity contribution >= 4 is 5.91 Å². The average Bonchev–Trinajstić information content (AvgIpc) is 2.45. The third-order valence-corrected chi connectivity index (χ3v) is 4.94. The first-order valence-electron chi connectivity index (χ1n) is 8.83. The highest BCUT2D eigenvalue weighted by molar-refractivity contribution is 5.78. The van der Waals surface area contributed by atoms with Crippen LogP contribution in [0.25, 0.3) is 0 Å². The second-order valence-electron chi connectivity index (χ2n) is 6.60. The zero-order valence-corrected chi connectivity index (χ0v) is 13.2. The number of nitrogens with zero attached hydrogens (tertiary/aromatic N) is 1. The van der Waals surface area contributed by atoms with Gasteiger partial charge in [0.1, 0.15) is 0 Å². The Morgan fingerprint density at radius 2 is 1.60 bits per heavy atom. The molecule has 116 valence electrons. The van der Waals surface area contributed by atoms with E-state index in [1.54, 1.807) is 0 Å². The molecule has 1 aliphatic carbocycles. The fourth-order valence-corrected chi connectivity index (χ4v) is 3.61. The molecule has 3 heteroatoms. The fraction of sp³-hybridized carbons (Fsp3) is 0.941. The summed E-state index contributed by atoms with van der Waals surface area (Å²) in [6.07, 6.45) is 12.3. The second kappa shape index (κ2) is 8.66. The lowest BCUT2D eigenvalue weighted by Crippen LogP contribution is -2.47. The number of carbonyl (C=O) groups is 1. The Balaban J connectivity index is 1.75. The summed E-state index contributed by atoms with van der Waals surface area (Å²) in [6, 6.07) is 0.635. The minimum Gasteiger partial charge on any atom is -0.342 e. The monoisotopic (exact) mass is 280 g/mol. The maximum absolute atomic E-state index is 12.6. The number of likely N-dealkylation sites (tertiary alicyclic amines) is 1. The highest BCUT2D eigenvalue weighted by Gasteiger charge is 2.27. The summed E-state index contributed by atoms with van der Waals surface area (Å²) >= 11 is 0. The van der Waals surface area contributed by atoms with Crippen molar-refractivity contribution in [2.24, 2.45) is 5.92 Å². The van der Waals surface area contributed by atoms with E-state index in [4.69, 9.17) is 0 Å². The number of nitrogens with one attached hydrogen (secondary N) is 1. The van der Waals surface area contributed by atoms with Crippen LogP contribution in [0.4, 0.5) is 0 Å². The first-order valence-corrected chi connectivity index (χ1v) is 8.83. The van der Waals surface area contributed by atoms with Crippen LogP contribution >= 0.6 is 0 Å². The molecule has 0 radical (unpaired) electrons. The molecule has 1 N–H and O–H groups in total. The van der Waals surface area contributed by atoms with Crippen molar-refractivity contribution in [3.8, 4) is 0 Å². The van der Waals surface area contributed by atoms with Crippen LogP contribution < -0.4 is 5.32 Å². The molecule has 3 nitrogen and oxygen atoms in total. The average molecular weight is 280 g/mol. The van der Waals surface area contributed by atoms with Crippen LogP contribution in [0.3, 0.4) is 0 Å². The van der Waals surface area contributed by atoms with E-state index in [1.807, 2.05) is 0 Å². The Bertz CT molecular complexity index is 277. The number of rotatable bonds is 4. The zero-order valence-electron chi connectivity index (χ0n) is 13.2. The van der Waals surface area contributed by atoms with Gasteiger partial charge in [0.05, 0.1) is 0 Å². The molecule has 2 rings (SSSR count). The van der Waals surface area contributed by atoms with E-state index in [2.05, 4.69) is 17.1 Å². The van der Waals surface area contributed by atoms with Crippen LogP contribution in [0.2, 0.25) is 0 Å². The molecule has 0 spiro atoms. The molecule has 1 aliphatic heterocycles. The number of hydrogen-bond donors (Lipinski definition) is 1. The normalized spacial score (nSPS) is 23.4. The van der Waals surface area contributed by atoms with Crippen molar-refractivity contribution in [2.75, 3.05) is 19.6 Å². The van der Waals surface area contributed by atoms with E-state index in [0.717, 1.165) is 45.3 Å². The smallest absolute Gasteiger partial charge is 0.225 e. The summed E-state index contributed by atoms with van der Waals surface area (Å²) in [4.78, 5) is 14.8. The van der Waals surface area contributed by atoms with Crippen LogP contribution in [0.15, 0.2) is 0 Å². The molecule has 0 unspecified atom stereocenters. The molecule has 20 heavy (non-hydrogen) atoms. The van der Waals surface area contributed by atoms with Gasteiger partial charge in [-0.3, -0.25) is 4.79 Å². The minimum atomic E-state index is 0.329. The lowest BCUT2D eigenvalue weighted by molar-refractivity contribution is -0.137. The molecule has 1 amide bonds. The topological polar surface area (TPSA) is 32.3 Å². The van der Waals surface area contributed by atoms with E-state index in [-0.39, 0.29) is 0 Å². The molecule has 2 aliphatic rings. The van der Waals surface area contributed by atoms with Crippen molar-refractivity contribution in [1.29, 1.82) is 0 Å². The Kier molecular flexibility index (Phi) is 6.85. The number of hydrogen-bond acceptors (Lipinski definition) is 2. The maximum Gasteiger partial charge on any atom is 0.225 e. The van der Waals surface area contributed by atoms with Crippen molar-refractivity contribution in [2.45, 2.75) is 77.2 Å². The standard InChI is InChI=1S/C17H32N2O/c1-2-12-18-16-10-13-19(14-11-16)17(20)15-8-6-4-3-5-7-9-15/h15-16,18H,2-14H2,1H3. The number of amides is 1. The molecular weight excluding hydrogens is 248 g/mol. The van der Waals surface area contributed by atoms with Crippen LogP contribution in [-0.2, 0) is 4.79 Å². The van der Waals surface area contributed by atoms with E-state index in [1.165, 1.54) is 38.5 Å². The quantitative estimate of drug-likeness (QED) is 0.856. The van der Waals surface area contributed by atoms with Gasteiger partial charge in [-0.05, 0) is 38.6 Å². The number of piperidine rings is 1. The predicted molar refractivity (Wildman–Crippen MR) is 83.7 cm³/mol. The Hall–Kier alpha value is -0.570. The Labute approximate surface area is 124 Å². The van der Waals surface area contributed by atoms with Gasteiger partial charge in [-0.25, -0.2) is 0 Å². The van der Waals surface area contributed by atoms with Crippen molar-refractivity contribution in [3.63, 3.8) is 0 Å². The largest absolute Gasteiger partial charge is 0.342 e. The van der Waals surface area contributed by atoms with Crippen LogP contribution in [0.1, 0.15) is 71.1 Å². The van der Waals surface area contributed by atoms with E-state index >= 15 is 0 Å². The molecular formula is C17H32N2O. The third kappa shape index (κ3) is 4.76. The lowest BCUT2D eigenvalue weighted by Gasteiger charge is -2.35. The highest BCUT2D eigenvalue weighted by Crippen LogP contribution is 2.25. The maximum atomic E-state index is 12.6. The molecule has 1 saturated heterocycles. The second-order valence-corrected chi connectivity index (χ2v) is 6.60. The van der Waals surface area contributed by atoms with Crippen LogP contribution in [0.5, 0.6) is 0 Å². The van der Waals surface area contributed by atoms with Gasteiger partial charge in [-0.15, -0.1) is 0 Å². The van der Waals surface area contributed by atoms with Crippen LogP contribution in [-0.4, -0.2) is 36.5 Å². The third-order valence-electron chi connectivity index (χ3n) is 4.94.